The van der Waals surface area contributed by atoms with Gasteiger partial charge in [-0.3, -0.25) is 9.69 Å². The van der Waals surface area contributed by atoms with Crippen LogP contribution in [0.1, 0.15) is 43.2 Å². The number of piperazine rings is 1. The molecule has 2 heterocycles. The van der Waals surface area contributed by atoms with Crippen molar-refractivity contribution in [2.45, 2.75) is 56.8 Å². The average Bonchev–Trinajstić information content (AvgIpc) is 2.88. The van der Waals surface area contributed by atoms with Crippen molar-refractivity contribution in [3.8, 4) is 5.75 Å². The van der Waals surface area contributed by atoms with Gasteiger partial charge in [0.2, 0.25) is 5.91 Å². The van der Waals surface area contributed by atoms with Crippen molar-refractivity contribution >= 4 is 11.6 Å². The Hall–Kier alpha value is -2.74. The Labute approximate surface area is 210 Å². The third-order valence-electron chi connectivity index (χ3n) is 7.83. The number of nitrogens with zero attached hydrogens (tertiary/aromatic N) is 2. The normalized spacial score (nSPS) is 23.0. The molecule has 0 spiro atoms. The van der Waals surface area contributed by atoms with Crippen molar-refractivity contribution in [3.05, 3.63) is 59.7 Å². The largest absolute Gasteiger partial charge is 0.492 e. The molecule has 5 nitrogen and oxygen atoms in total. The third-order valence-corrected chi connectivity index (χ3v) is 7.83. The second-order valence-corrected chi connectivity index (χ2v) is 10.2. The summed E-state index contributed by atoms with van der Waals surface area (Å²) in [7, 11) is 0. The maximum Gasteiger partial charge on any atom is 0.416 e. The summed E-state index contributed by atoms with van der Waals surface area (Å²) in [5, 5.41) is 3.25. The molecule has 1 N–H and O–H groups in total. The Bertz CT molecular complexity index is 1040. The number of nitrogens with one attached hydrogen (secondary N) is 1. The molecule has 2 fully saturated rings. The molecule has 2 aliphatic heterocycles. The van der Waals surface area contributed by atoms with E-state index < -0.39 is 11.7 Å². The van der Waals surface area contributed by atoms with Crippen molar-refractivity contribution in [3.63, 3.8) is 0 Å². The number of ether oxygens (including phenoxy) is 1. The highest BCUT2D eigenvalue weighted by Gasteiger charge is 2.43. The van der Waals surface area contributed by atoms with Crippen molar-refractivity contribution in [1.29, 1.82) is 0 Å². The fourth-order valence-corrected chi connectivity index (χ4v) is 5.93. The zero-order valence-corrected chi connectivity index (χ0v) is 20.5. The van der Waals surface area contributed by atoms with Crippen LogP contribution in [0, 0.1) is 5.92 Å². The highest BCUT2D eigenvalue weighted by molar-refractivity contribution is 5.82. The lowest BCUT2D eigenvalue weighted by molar-refractivity contribution is -0.137. The number of carbonyl (C=O) groups is 1. The van der Waals surface area contributed by atoms with Gasteiger partial charge in [0.05, 0.1) is 17.5 Å². The lowest BCUT2D eigenvalue weighted by Gasteiger charge is -2.49. The van der Waals surface area contributed by atoms with Crippen LogP contribution in [0.25, 0.3) is 0 Å². The SMILES string of the molecule is O=C(NC1CCCCC1)[C@@H]1Cc2cc(C(F)(F)F)ccc2N2CCN(CCOc3ccccc3)C[C@@H]12. The zero-order valence-electron chi connectivity index (χ0n) is 20.5. The fraction of sp³-hybridized carbons (Fsp3) is 0.536. The molecule has 8 heteroatoms. The van der Waals surface area contributed by atoms with Gasteiger partial charge in [0.1, 0.15) is 12.4 Å². The van der Waals surface area contributed by atoms with Gasteiger partial charge in [0.25, 0.3) is 0 Å². The van der Waals surface area contributed by atoms with E-state index in [1.165, 1.54) is 18.6 Å². The van der Waals surface area contributed by atoms with Crippen molar-refractivity contribution < 1.29 is 22.7 Å². The molecule has 36 heavy (non-hydrogen) atoms. The molecule has 0 unspecified atom stereocenters. The van der Waals surface area contributed by atoms with Gasteiger partial charge in [-0.2, -0.15) is 13.2 Å². The minimum atomic E-state index is -4.40. The molecule has 2 aromatic rings. The number of anilines is 1. The smallest absolute Gasteiger partial charge is 0.416 e. The molecule has 1 aliphatic carbocycles. The van der Waals surface area contributed by atoms with E-state index in [0.29, 0.717) is 31.7 Å². The van der Waals surface area contributed by atoms with E-state index in [2.05, 4.69) is 15.1 Å². The van der Waals surface area contributed by atoms with E-state index in [0.717, 1.165) is 50.2 Å². The maximum atomic E-state index is 13.5. The number of benzene rings is 2. The number of rotatable bonds is 6. The summed E-state index contributed by atoms with van der Waals surface area (Å²) in [5.74, 6) is 0.413. The van der Waals surface area contributed by atoms with E-state index >= 15 is 0 Å². The van der Waals surface area contributed by atoms with Crippen LogP contribution in [0.4, 0.5) is 18.9 Å². The van der Waals surface area contributed by atoms with Crippen molar-refractivity contribution in [2.24, 2.45) is 5.92 Å². The van der Waals surface area contributed by atoms with Crippen molar-refractivity contribution in [2.75, 3.05) is 37.7 Å². The summed E-state index contributed by atoms with van der Waals surface area (Å²) >= 11 is 0. The van der Waals surface area contributed by atoms with Crippen LogP contribution >= 0.6 is 0 Å². The average molecular weight is 502 g/mol. The molecule has 2 atom stereocenters. The van der Waals surface area contributed by atoms with Crippen LogP contribution in [0.3, 0.4) is 0 Å². The minimum Gasteiger partial charge on any atom is -0.492 e. The van der Waals surface area contributed by atoms with Gasteiger partial charge in [-0.1, -0.05) is 37.5 Å². The lowest BCUT2D eigenvalue weighted by Crippen LogP contribution is -2.62. The topological polar surface area (TPSA) is 44.8 Å². The fourth-order valence-electron chi connectivity index (χ4n) is 5.93. The summed E-state index contributed by atoms with van der Waals surface area (Å²) in [6.07, 6.45) is 1.29. The van der Waals surface area contributed by atoms with Gasteiger partial charge in [-0.25, -0.2) is 0 Å². The standard InChI is InChI=1S/C28H34F3N3O2/c29-28(30,31)21-11-12-25-20(17-21)18-24(27(35)32-22-7-3-1-4-8-22)26-19-33(13-14-34(25)26)15-16-36-23-9-5-2-6-10-23/h2,5-6,9-12,17,22,24,26H,1,3-4,7-8,13-16,18-19H2,(H,32,35)/t24-,26+/m1/s1. The number of para-hydroxylation sites is 1. The van der Waals surface area contributed by atoms with E-state index in [1.807, 2.05) is 30.3 Å². The van der Waals surface area contributed by atoms with Crippen LogP contribution < -0.4 is 15.0 Å². The molecule has 0 bridgehead atoms. The summed E-state index contributed by atoms with van der Waals surface area (Å²) in [6, 6.07) is 13.8. The number of amides is 1. The first-order valence-electron chi connectivity index (χ1n) is 13.1. The van der Waals surface area contributed by atoms with Gasteiger partial charge in [0, 0.05) is 37.9 Å². The van der Waals surface area contributed by atoms with E-state index in [9.17, 15) is 18.0 Å². The van der Waals surface area contributed by atoms with Crippen LogP contribution in [0.15, 0.2) is 48.5 Å². The predicted octanol–water partition coefficient (Wildman–Crippen LogP) is 4.90. The van der Waals surface area contributed by atoms with Gasteiger partial charge < -0.3 is 15.0 Å². The molecule has 3 aliphatic rings. The number of carbonyl (C=O) groups excluding carboxylic acids is 1. The summed E-state index contributed by atoms with van der Waals surface area (Å²) in [4.78, 5) is 18.0. The van der Waals surface area contributed by atoms with Crippen LogP contribution in [0.2, 0.25) is 0 Å². The monoisotopic (exact) mass is 501 g/mol. The Morgan fingerprint density at radius 1 is 1.03 bits per heavy atom. The molecule has 1 saturated heterocycles. The molecule has 1 saturated carbocycles. The molecule has 1 amide bonds. The predicted molar refractivity (Wildman–Crippen MR) is 133 cm³/mol. The van der Waals surface area contributed by atoms with Crippen molar-refractivity contribution in [1.82, 2.24) is 10.2 Å². The quantitative estimate of drug-likeness (QED) is 0.612. The van der Waals surface area contributed by atoms with E-state index in [1.54, 1.807) is 6.07 Å². The summed E-state index contributed by atoms with van der Waals surface area (Å²) in [5.41, 5.74) is 0.795. The second-order valence-electron chi connectivity index (χ2n) is 10.2. The number of hydrogen-bond donors (Lipinski definition) is 1. The molecule has 0 aromatic heterocycles. The lowest BCUT2D eigenvalue weighted by atomic mass is 9.82. The molecule has 0 radical (unpaired) electrons. The van der Waals surface area contributed by atoms with Gasteiger partial charge in [-0.05, 0) is 55.2 Å². The Morgan fingerprint density at radius 3 is 2.56 bits per heavy atom. The summed E-state index contributed by atoms with van der Waals surface area (Å²) < 4.78 is 46.2. The number of hydrogen-bond acceptors (Lipinski definition) is 4. The van der Waals surface area contributed by atoms with Gasteiger partial charge in [-0.15, -0.1) is 0 Å². The summed E-state index contributed by atoms with van der Waals surface area (Å²) in [6.45, 7) is 3.40. The van der Waals surface area contributed by atoms with Crippen LogP contribution in [0.5, 0.6) is 5.75 Å². The maximum absolute atomic E-state index is 13.5. The van der Waals surface area contributed by atoms with Crippen LogP contribution in [-0.2, 0) is 17.4 Å². The first kappa shape index (κ1) is 24.9. The number of halogens is 3. The Balaban J connectivity index is 1.33. The Kier molecular flexibility index (Phi) is 7.42. The van der Waals surface area contributed by atoms with E-state index in [-0.39, 0.29) is 23.9 Å². The second kappa shape index (κ2) is 10.7. The minimum absolute atomic E-state index is 0.0256. The highest BCUT2D eigenvalue weighted by Crippen LogP contribution is 2.40. The first-order chi connectivity index (χ1) is 17.4. The van der Waals surface area contributed by atoms with Gasteiger partial charge in [0.15, 0.2) is 0 Å². The highest BCUT2D eigenvalue weighted by atomic mass is 19.4. The number of fused-ring (bicyclic) bond motifs is 3. The third kappa shape index (κ3) is 5.64. The molecule has 194 valence electrons. The van der Waals surface area contributed by atoms with Crippen LogP contribution in [-0.4, -0.2) is 55.7 Å². The van der Waals surface area contributed by atoms with Gasteiger partial charge >= 0.3 is 6.18 Å². The zero-order chi connectivity index (χ0) is 25.1. The van der Waals surface area contributed by atoms with E-state index in [4.69, 9.17) is 4.74 Å². The molecule has 2 aromatic carbocycles. The first-order valence-corrected chi connectivity index (χ1v) is 13.1. The molecular weight excluding hydrogens is 467 g/mol. The molecular formula is C28H34F3N3O2. The number of alkyl halides is 3. The molecule has 5 rings (SSSR count). The Morgan fingerprint density at radius 2 is 1.81 bits per heavy atom.